The van der Waals surface area contributed by atoms with Crippen LogP contribution in [0.2, 0.25) is 5.02 Å². The molecule has 0 amide bonds. The quantitative estimate of drug-likeness (QED) is 0.864. The average molecular weight is 234 g/mol. The van der Waals surface area contributed by atoms with Gasteiger partial charge in [-0.15, -0.1) is 0 Å². The molecule has 2 rings (SSSR count). The summed E-state index contributed by atoms with van der Waals surface area (Å²) in [4.78, 5) is 4.24. The van der Waals surface area contributed by atoms with Gasteiger partial charge in [-0.3, -0.25) is 4.98 Å². The maximum Gasteiger partial charge on any atom is 0.0696 e. The summed E-state index contributed by atoms with van der Waals surface area (Å²) in [5, 5.41) is 9.72. The number of rotatable bonds is 2. The maximum absolute atomic E-state index is 9.13. The Balaban J connectivity index is 2.44. The molecule has 0 atom stereocenters. The molecule has 0 saturated heterocycles. The minimum atomic E-state index is -0.0496. The first-order valence-electron chi connectivity index (χ1n) is 5.03. The number of pyridine rings is 1. The van der Waals surface area contributed by atoms with Gasteiger partial charge in [0.2, 0.25) is 0 Å². The molecule has 16 heavy (non-hydrogen) atoms. The average Bonchev–Trinajstić information content (AvgIpc) is 2.31. The third-order valence-corrected chi connectivity index (χ3v) is 2.83. The van der Waals surface area contributed by atoms with Crippen LogP contribution in [0.1, 0.15) is 11.3 Å². The summed E-state index contributed by atoms with van der Waals surface area (Å²) in [6.07, 6.45) is 1.82. The van der Waals surface area contributed by atoms with E-state index in [0.29, 0.717) is 5.02 Å². The van der Waals surface area contributed by atoms with Gasteiger partial charge in [-0.25, -0.2) is 0 Å². The summed E-state index contributed by atoms with van der Waals surface area (Å²) in [5.41, 5.74) is 3.76. The summed E-state index contributed by atoms with van der Waals surface area (Å²) < 4.78 is 0. The molecule has 1 N–H and O–H groups in total. The van der Waals surface area contributed by atoms with E-state index in [4.69, 9.17) is 16.7 Å². The van der Waals surface area contributed by atoms with E-state index in [1.165, 1.54) is 0 Å². The molecule has 1 heterocycles. The predicted octanol–water partition coefficient (Wildman–Crippen LogP) is 3.20. The van der Waals surface area contributed by atoms with Crippen molar-refractivity contribution in [1.82, 2.24) is 4.98 Å². The summed E-state index contributed by atoms with van der Waals surface area (Å²) in [7, 11) is 0. The lowest BCUT2D eigenvalue weighted by atomic mass is 10.0. The normalized spacial score (nSPS) is 10.4. The molecular formula is C13H12ClNO. The van der Waals surface area contributed by atoms with Crippen LogP contribution in [0.4, 0.5) is 0 Å². The highest BCUT2D eigenvalue weighted by atomic mass is 35.5. The van der Waals surface area contributed by atoms with Gasteiger partial charge in [0.1, 0.15) is 0 Å². The molecule has 0 unspecified atom stereocenters. The second kappa shape index (κ2) is 4.64. The Labute approximate surface area is 99.5 Å². The van der Waals surface area contributed by atoms with Crippen LogP contribution in [-0.2, 0) is 6.61 Å². The molecule has 1 aromatic heterocycles. The molecule has 0 aliphatic rings. The zero-order valence-electron chi connectivity index (χ0n) is 8.94. The van der Waals surface area contributed by atoms with Crippen molar-refractivity contribution in [3.63, 3.8) is 0 Å². The molecule has 0 aliphatic carbocycles. The smallest absolute Gasteiger partial charge is 0.0696 e. The van der Waals surface area contributed by atoms with Crippen molar-refractivity contribution in [2.45, 2.75) is 13.5 Å². The lowest BCUT2D eigenvalue weighted by Gasteiger charge is -2.05. The van der Waals surface area contributed by atoms with Gasteiger partial charge >= 0.3 is 0 Å². The van der Waals surface area contributed by atoms with E-state index in [1.54, 1.807) is 6.07 Å². The number of aryl methyl sites for hydroxylation is 1. The number of hydrogen-bond donors (Lipinski definition) is 1. The van der Waals surface area contributed by atoms with E-state index in [2.05, 4.69) is 4.98 Å². The Morgan fingerprint density at radius 1 is 1.19 bits per heavy atom. The first-order chi connectivity index (χ1) is 7.70. The van der Waals surface area contributed by atoms with Gasteiger partial charge < -0.3 is 5.11 Å². The largest absolute Gasteiger partial charge is 0.392 e. The van der Waals surface area contributed by atoms with E-state index in [1.807, 2.05) is 37.4 Å². The Hall–Kier alpha value is -1.38. The van der Waals surface area contributed by atoms with Crippen LogP contribution in [0, 0.1) is 6.92 Å². The Morgan fingerprint density at radius 2 is 1.94 bits per heavy atom. The fourth-order valence-electron chi connectivity index (χ4n) is 1.51. The van der Waals surface area contributed by atoms with Gasteiger partial charge in [0.25, 0.3) is 0 Å². The van der Waals surface area contributed by atoms with Gasteiger partial charge in [-0.05, 0) is 36.2 Å². The second-order valence-corrected chi connectivity index (χ2v) is 4.06. The standard InChI is InChI=1S/C13H12ClNO/c1-9-2-3-11(7-15-9)10-4-5-13(14)12(6-10)8-16/h2-7,16H,8H2,1H3. The van der Waals surface area contributed by atoms with Gasteiger partial charge in [-0.1, -0.05) is 23.7 Å². The van der Waals surface area contributed by atoms with Gasteiger partial charge in [0, 0.05) is 22.5 Å². The highest BCUT2D eigenvalue weighted by Gasteiger charge is 2.03. The fourth-order valence-corrected chi connectivity index (χ4v) is 1.69. The van der Waals surface area contributed by atoms with Crippen LogP contribution in [0.3, 0.4) is 0 Å². The van der Waals surface area contributed by atoms with Crippen LogP contribution in [0.25, 0.3) is 11.1 Å². The predicted molar refractivity (Wildman–Crippen MR) is 65.3 cm³/mol. The third kappa shape index (κ3) is 2.23. The number of hydrogen-bond acceptors (Lipinski definition) is 2. The minimum absolute atomic E-state index is 0.0496. The van der Waals surface area contributed by atoms with E-state index >= 15 is 0 Å². The molecule has 0 fully saturated rings. The molecule has 0 radical (unpaired) electrons. The zero-order valence-corrected chi connectivity index (χ0v) is 9.70. The summed E-state index contributed by atoms with van der Waals surface area (Å²) >= 11 is 5.93. The highest BCUT2D eigenvalue weighted by Crippen LogP contribution is 2.24. The lowest BCUT2D eigenvalue weighted by Crippen LogP contribution is -1.88. The highest BCUT2D eigenvalue weighted by molar-refractivity contribution is 6.31. The molecule has 0 saturated carbocycles. The van der Waals surface area contributed by atoms with Crippen LogP contribution >= 0.6 is 11.6 Å². The first-order valence-corrected chi connectivity index (χ1v) is 5.41. The van der Waals surface area contributed by atoms with Crippen LogP contribution < -0.4 is 0 Å². The molecule has 82 valence electrons. The first kappa shape index (κ1) is 11.1. The minimum Gasteiger partial charge on any atom is -0.392 e. The van der Waals surface area contributed by atoms with Crippen LogP contribution in [0.15, 0.2) is 36.5 Å². The van der Waals surface area contributed by atoms with Crippen LogP contribution in [0.5, 0.6) is 0 Å². The monoisotopic (exact) mass is 233 g/mol. The summed E-state index contributed by atoms with van der Waals surface area (Å²) in [6, 6.07) is 9.57. The van der Waals surface area contributed by atoms with Crippen molar-refractivity contribution in [2.24, 2.45) is 0 Å². The molecule has 3 heteroatoms. The number of benzene rings is 1. The summed E-state index contributed by atoms with van der Waals surface area (Å²) in [5.74, 6) is 0. The summed E-state index contributed by atoms with van der Waals surface area (Å²) in [6.45, 7) is 1.90. The number of aliphatic hydroxyl groups excluding tert-OH is 1. The topological polar surface area (TPSA) is 33.1 Å². The zero-order chi connectivity index (χ0) is 11.5. The molecule has 0 bridgehead atoms. The molecule has 0 aliphatic heterocycles. The van der Waals surface area contributed by atoms with E-state index in [9.17, 15) is 0 Å². The Morgan fingerprint density at radius 3 is 2.56 bits per heavy atom. The van der Waals surface area contributed by atoms with E-state index in [-0.39, 0.29) is 6.61 Å². The number of halogens is 1. The van der Waals surface area contributed by atoms with Crippen molar-refractivity contribution in [1.29, 1.82) is 0 Å². The molecule has 2 aromatic rings. The maximum atomic E-state index is 9.13. The Bertz CT molecular complexity index is 494. The molecular weight excluding hydrogens is 222 g/mol. The fraction of sp³-hybridized carbons (Fsp3) is 0.154. The molecule has 0 spiro atoms. The van der Waals surface area contributed by atoms with Crippen LogP contribution in [-0.4, -0.2) is 10.1 Å². The number of nitrogens with zero attached hydrogens (tertiary/aromatic N) is 1. The Kier molecular flexibility index (Phi) is 3.22. The number of aromatic nitrogens is 1. The van der Waals surface area contributed by atoms with E-state index in [0.717, 1.165) is 22.4 Å². The second-order valence-electron chi connectivity index (χ2n) is 3.65. The van der Waals surface area contributed by atoms with E-state index < -0.39 is 0 Å². The van der Waals surface area contributed by atoms with Crippen molar-refractivity contribution in [2.75, 3.05) is 0 Å². The van der Waals surface area contributed by atoms with Gasteiger partial charge in [0.05, 0.1) is 6.61 Å². The third-order valence-electron chi connectivity index (χ3n) is 2.46. The van der Waals surface area contributed by atoms with Gasteiger partial charge in [0.15, 0.2) is 0 Å². The lowest BCUT2D eigenvalue weighted by molar-refractivity contribution is 0.282. The van der Waals surface area contributed by atoms with Crippen molar-refractivity contribution < 1.29 is 5.11 Å². The number of aliphatic hydroxyl groups is 1. The van der Waals surface area contributed by atoms with Gasteiger partial charge in [-0.2, -0.15) is 0 Å². The molecule has 2 nitrogen and oxygen atoms in total. The molecule has 1 aromatic carbocycles. The van der Waals surface area contributed by atoms with Crippen molar-refractivity contribution in [3.05, 3.63) is 52.8 Å². The van der Waals surface area contributed by atoms with Crippen molar-refractivity contribution in [3.8, 4) is 11.1 Å². The SMILES string of the molecule is Cc1ccc(-c2ccc(Cl)c(CO)c2)cn1. The van der Waals surface area contributed by atoms with Crippen molar-refractivity contribution >= 4 is 11.6 Å².